The molecule has 7 heteroatoms. The summed E-state index contributed by atoms with van der Waals surface area (Å²) in [5.74, 6) is 0.815. The monoisotopic (exact) mass is 495 g/mol. The van der Waals surface area contributed by atoms with Gasteiger partial charge in [0.1, 0.15) is 23.1 Å². The smallest absolute Gasteiger partial charge is 0.274 e. The third-order valence-electron chi connectivity index (χ3n) is 8.01. The van der Waals surface area contributed by atoms with Gasteiger partial charge in [0.25, 0.3) is 5.56 Å². The van der Waals surface area contributed by atoms with Gasteiger partial charge in [-0.2, -0.15) is 0 Å². The lowest BCUT2D eigenvalue weighted by Gasteiger charge is -2.25. The maximum atomic E-state index is 13.7. The lowest BCUT2D eigenvalue weighted by molar-refractivity contribution is 0.275. The Kier molecular flexibility index (Phi) is 5.13. The molecule has 0 spiro atoms. The van der Waals surface area contributed by atoms with Crippen LogP contribution in [0, 0.1) is 0 Å². The summed E-state index contributed by atoms with van der Waals surface area (Å²) in [5.41, 5.74) is 4.91. The summed E-state index contributed by atoms with van der Waals surface area (Å²) < 4.78 is 14.7. The van der Waals surface area contributed by atoms with Crippen LogP contribution in [0.1, 0.15) is 69.0 Å². The van der Waals surface area contributed by atoms with Gasteiger partial charge in [-0.3, -0.25) is 19.4 Å². The van der Waals surface area contributed by atoms with Crippen molar-refractivity contribution in [2.24, 2.45) is 0 Å². The fourth-order valence-corrected chi connectivity index (χ4v) is 6.18. The predicted octanol–water partition coefficient (Wildman–Crippen LogP) is 6.52. The van der Waals surface area contributed by atoms with E-state index in [9.17, 15) is 9.59 Å². The van der Waals surface area contributed by atoms with Gasteiger partial charge in [0.2, 0.25) is 0 Å². The maximum absolute atomic E-state index is 13.7. The quantitative estimate of drug-likeness (QED) is 0.291. The third kappa shape index (κ3) is 3.56. The molecular formula is C30H29N3O4. The number of fused-ring (bicyclic) bond motifs is 5. The number of aromatic amines is 2. The molecule has 0 saturated heterocycles. The lowest BCUT2D eigenvalue weighted by Crippen LogP contribution is -2.19. The van der Waals surface area contributed by atoms with Crippen molar-refractivity contribution in [2.45, 2.75) is 64.0 Å². The molecule has 188 valence electrons. The number of rotatable bonds is 2. The molecule has 2 aromatic carbocycles. The third-order valence-corrected chi connectivity index (χ3v) is 8.01. The second-order valence-corrected chi connectivity index (χ2v) is 10.4. The van der Waals surface area contributed by atoms with Crippen LogP contribution in [0.5, 0.6) is 5.75 Å². The van der Waals surface area contributed by atoms with Crippen LogP contribution in [0.15, 0.2) is 56.5 Å². The molecule has 1 aliphatic carbocycles. The average Bonchev–Trinajstić information content (AvgIpc) is 3.39. The number of nitrogens with one attached hydrogen (secondary N) is 2. The predicted molar refractivity (Wildman–Crippen MR) is 146 cm³/mol. The molecule has 1 unspecified atom stereocenters. The zero-order valence-electron chi connectivity index (χ0n) is 20.8. The van der Waals surface area contributed by atoms with Gasteiger partial charge in [-0.25, -0.2) is 0 Å². The number of nitrogens with zero attached hydrogens (tertiary/aromatic N) is 1. The molecule has 2 N–H and O–H groups in total. The van der Waals surface area contributed by atoms with E-state index in [1.165, 1.54) is 25.3 Å². The molecule has 7 nitrogen and oxygen atoms in total. The van der Waals surface area contributed by atoms with Crippen molar-refractivity contribution in [3.8, 4) is 5.75 Å². The summed E-state index contributed by atoms with van der Waals surface area (Å²) in [5, 5.41) is 4.56. The molecule has 4 heterocycles. The Labute approximate surface area is 212 Å². The van der Waals surface area contributed by atoms with Gasteiger partial charge in [-0.05, 0) is 44.0 Å². The Bertz CT molecular complexity index is 1810. The fourth-order valence-electron chi connectivity index (χ4n) is 6.18. The number of furan rings is 1. The average molecular weight is 496 g/mol. The van der Waals surface area contributed by atoms with Crippen molar-refractivity contribution in [3.05, 3.63) is 74.2 Å². The minimum absolute atomic E-state index is 0.114. The summed E-state index contributed by atoms with van der Waals surface area (Å²) in [6, 6.07) is 13.0. The highest BCUT2D eigenvalue weighted by Crippen LogP contribution is 2.42. The Hall–Kier alpha value is -4.00. The molecule has 37 heavy (non-hydrogen) atoms. The van der Waals surface area contributed by atoms with Gasteiger partial charge >= 0.3 is 0 Å². The Balaban J connectivity index is 1.57. The molecule has 5 aromatic rings. The van der Waals surface area contributed by atoms with E-state index in [0.29, 0.717) is 16.6 Å². The molecular weight excluding hydrogens is 466 g/mol. The first-order chi connectivity index (χ1) is 18.1. The highest BCUT2D eigenvalue weighted by atomic mass is 16.5. The van der Waals surface area contributed by atoms with Crippen LogP contribution in [0.25, 0.3) is 44.8 Å². The van der Waals surface area contributed by atoms with Crippen LogP contribution in [-0.2, 0) is 0 Å². The highest BCUT2D eigenvalue weighted by Gasteiger charge is 2.29. The summed E-state index contributed by atoms with van der Waals surface area (Å²) >= 11 is 0. The molecule has 0 bridgehead atoms. The summed E-state index contributed by atoms with van der Waals surface area (Å²) in [4.78, 5) is 29.4. The van der Waals surface area contributed by atoms with Crippen LogP contribution in [0.3, 0.4) is 0 Å². The van der Waals surface area contributed by atoms with Crippen LogP contribution in [-0.4, -0.2) is 20.9 Å². The Morgan fingerprint density at radius 1 is 0.973 bits per heavy atom. The topological polar surface area (TPSA) is 93.0 Å². The van der Waals surface area contributed by atoms with Gasteiger partial charge in [-0.15, -0.1) is 0 Å². The van der Waals surface area contributed by atoms with E-state index in [-0.39, 0.29) is 23.1 Å². The number of ether oxygens (including phenoxy) is 1. The molecule has 0 amide bonds. The fraction of sp³-hybridized carbons (Fsp3) is 0.333. The normalized spacial score (nSPS) is 18.9. The van der Waals surface area contributed by atoms with Crippen molar-refractivity contribution in [2.75, 3.05) is 0 Å². The van der Waals surface area contributed by atoms with Crippen molar-refractivity contribution in [1.82, 2.24) is 14.8 Å². The van der Waals surface area contributed by atoms with Gasteiger partial charge in [0.05, 0.1) is 16.9 Å². The van der Waals surface area contributed by atoms with E-state index in [0.717, 1.165) is 64.7 Å². The number of pyridine rings is 1. The highest BCUT2D eigenvalue weighted by molar-refractivity contribution is 6.13. The van der Waals surface area contributed by atoms with E-state index >= 15 is 0 Å². The van der Waals surface area contributed by atoms with Crippen LogP contribution in [0.4, 0.5) is 0 Å². The number of hydrogen-bond acceptors (Lipinski definition) is 4. The summed E-state index contributed by atoms with van der Waals surface area (Å²) in [6.45, 7) is 1.99. The minimum Gasteiger partial charge on any atom is -0.485 e. The number of H-pyrrole nitrogens is 2. The Morgan fingerprint density at radius 3 is 2.59 bits per heavy atom. The van der Waals surface area contributed by atoms with Gasteiger partial charge in [0.15, 0.2) is 11.0 Å². The molecule has 0 radical (unpaired) electrons. The zero-order valence-corrected chi connectivity index (χ0v) is 20.8. The molecule has 1 aliphatic heterocycles. The Morgan fingerprint density at radius 2 is 1.76 bits per heavy atom. The van der Waals surface area contributed by atoms with Crippen LogP contribution < -0.4 is 15.7 Å². The lowest BCUT2D eigenvalue weighted by atomic mass is 9.93. The van der Waals surface area contributed by atoms with Gasteiger partial charge in [-0.1, -0.05) is 50.3 Å². The molecule has 1 saturated carbocycles. The second-order valence-electron chi connectivity index (χ2n) is 10.4. The van der Waals surface area contributed by atoms with E-state index in [2.05, 4.69) is 20.8 Å². The molecule has 2 aliphatic rings. The van der Waals surface area contributed by atoms with E-state index in [4.69, 9.17) is 9.15 Å². The first kappa shape index (κ1) is 22.2. The number of para-hydroxylation sites is 1. The molecule has 3 aromatic heterocycles. The minimum atomic E-state index is -0.295. The summed E-state index contributed by atoms with van der Waals surface area (Å²) in [7, 11) is 0. The maximum Gasteiger partial charge on any atom is 0.274 e. The standard InChI is InChI=1S/C30H29N3O4/c1-17-22(15-18-9-7-8-12-23(18)36-17)25-26-29(31-27-21-14-13-20(34)16-24(21)37-28(25)27)33(32-30(26)35)19-10-5-3-2-4-6-11-19/h7-9,12-17,19,31H,2-6,10-11H2,1H3,(H,32,35). The van der Waals surface area contributed by atoms with E-state index < -0.39 is 0 Å². The van der Waals surface area contributed by atoms with Crippen molar-refractivity contribution in [3.63, 3.8) is 0 Å². The largest absolute Gasteiger partial charge is 0.485 e. The number of aromatic nitrogens is 3. The SMILES string of the molecule is CC1Oc2ccccc2C=C1c1c2oc3cc(=O)ccc3c2[nH]c2c1c(=O)[nH]n2C1CCCCCCC1. The van der Waals surface area contributed by atoms with Crippen LogP contribution >= 0.6 is 0 Å². The van der Waals surface area contributed by atoms with E-state index in [1.807, 2.05) is 31.2 Å². The van der Waals surface area contributed by atoms with Crippen molar-refractivity contribution >= 4 is 44.8 Å². The van der Waals surface area contributed by atoms with Gasteiger partial charge < -0.3 is 14.1 Å². The van der Waals surface area contributed by atoms with Crippen molar-refractivity contribution in [1.29, 1.82) is 0 Å². The van der Waals surface area contributed by atoms with Gasteiger partial charge in [0, 0.05) is 28.2 Å². The molecule has 7 rings (SSSR count). The first-order valence-electron chi connectivity index (χ1n) is 13.3. The van der Waals surface area contributed by atoms with Crippen LogP contribution in [0.2, 0.25) is 0 Å². The number of hydrogen-bond donors (Lipinski definition) is 2. The second kappa shape index (κ2) is 8.54. The summed E-state index contributed by atoms with van der Waals surface area (Å²) in [6.07, 6.45) is 9.89. The van der Waals surface area contributed by atoms with E-state index in [1.54, 1.807) is 12.1 Å². The van der Waals surface area contributed by atoms with Crippen molar-refractivity contribution < 1.29 is 9.15 Å². The molecule has 1 atom stereocenters. The zero-order chi connectivity index (χ0) is 25.1. The first-order valence-corrected chi connectivity index (χ1v) is 13.3. The molecule has 1 fully saturated rings. The number of benzene rings is 2.